The van der Waals surface area contributed by atoms with Gasteiger partial charge in [0.05, 0.1) is 9.92 Å². The van der Waals surface area contributed by atoms with Crippen molar-refractivity contribution in [1.82, 2.24) is 0 Å². The third-order valence-electron chi connectivity index (χ3n) is 2.48. The van der Waals surface area contributed by atoms with Gasteiger partial charge in [0, 0.05) is 15.7 Å². The number of rotatable bonds is 4. The molecule has 2 aromatic rings. The van der Waals surface area contributed by atoms with Crippen molar-refractivity contribution in [2.75, 3.05) is 4.72 Å². The Kier molecular flexibility index (Phi) is 4.47. The van der Waals surface area contributed by atoms with Crippen molar-refractivity contribution in [3.05, 3.63) is 57.5 Å². The Balaban J connectivity index is 2.35. The smallest absolute Gasteiger partial charge is 0.261 e. The van der Waals surface area contributed by atoms with Gasteiger partial charge in [-0.05, 0) is 46.3 Å². The van der Waals surface area contributed by atoms with E-state index in [0.717, 1.165) is 0 Å². The molecule has 2 aromatic carbocycles. The van der Waals surface area contributed by atoms with Gasteiger partial charge in [0.25, 0.3) is 10.0 Å². The maximum absolute atomic E-state index is 12.2. The highest BCUT2D eigenvalue weighted by molar-refractivity contribution is 9.10. The highest BCUT2D eigenvalue weighted by Crippen LogP contribution is 2.26. The van der Waals surface area contributed by atoms with Gasteiger partial charge >= 0.3 is 0 Å². The summed E-state index contributed by atoms with van der Waals surface area (Å²) in [6, 6.07) is 10.5. The lowest BCUT2D eigenvalue weighted by Gasteiger charge is -2.09. The fourth-order valence-electron chi connectivity index (χ4n) is 1.53. The Morgan fingerprint density at radius 1 is 1.15 bits per heavy atom. The summed E-state index contributed by atoms with van der Waals surface area (Å²) in [5, 5.41) is 0.423. The van der Waals surface area contributed by atoms with Crippen LogP contribution in [0.3, 0.4) is 0 Å². The van der Waals surface area contributed by atoms with Gasteiger partial charge in [-0.25, -0.2) is 8.42 Å². The van der Waals surface area contributed by atoms with E-state index in [9.17, 15) is 13.2 Å². The van der Waals surface area contributed by atoms with Crippen LogP contribution in [0.15, 0.2) is 51.8 Å². The molecule has 104 valence electrons. The molecule has 0 bridgehead atoms. The molecule has 0 fully saturated rings. The van der Waals surface area contributed by atoms with E-state index in [4.69, 9.17) is 11.6 Å². The van der Waals surface area contributed by atoms with Gasteiger partial charge in [0.1, 0.15) is 6.29 Å². The van der Waals surface area contributed by atoms with Crippen molar-refractivity contribution in [2.45, 2.75) is 4.90 Å². The number of anilines is 1. The largest absolute Gasteiger partial charge is 0.298 e. The standard InChI is InChI=1S/C13H9BrClNO3S/c14-12-7-11(4-5-13(12)15)20(18,19)16-10-3-1-2-9(6-10)8-17/h1-8,16H. The molecule has 0 aromatic heterocycles. The summed E-state index contributed by atoms with van der Waals surface area (Å²) >= 11 is 9.01. The van der Waals surface area contributed by atoms with Crippen LogP contribution in [-0.4, -0.2) is 14.7 Å². The topological polar surface area (TPSA) is 63.2 Å². The van der Waals surface area contributed by atoms with E-state index in [1.807, 2.05) is 0 Å². The minimum Gasteiger partial charge on any atom is -0.298 e. The van der Waals surface area contributed by atoms with Crippen molar-refractivity contribution < 1.29 is 13.2 Å². The van der Waals surface area contributed by atoms with Crippen LogP contribution in [0, 0.1) is 0 Å². The summed E-state index contributed by atoms with van der Waals surface area (Å²) in [5.74, 6) is 0. The molecule has 0 heterocycles. The zero-order valence-electron chi connectivity index (χ0n) is 10.0. The molecule has 0 saturated carbocycles. The minimum atomic E-state index is -3.73. The molecule has 0 aliphatic carbocycles. The molecule has 0 saturated heterocycles. The van der Waals surface area contributed by atoms with E-state index in [2.05, 4.69) is 20.7 Å². The van der Waals surface area contributed by atoms with Crippen LogP contribution in [-0.2, 0) is 10.0 Å². The van der Waals surface area contributed by atoms with E-state index in [-0.39, 0.29) is 4.90 Å². The second-order valence-electron chi connectivity index (χ2n) is 3.92. The van der Waals surface area contributed by atoms with Crippen molar-refractivity contribution in [3.63, 3.8) is 0 Å². The van der Waals surface area contributed by atoms with Gasteiger partial charge in [-0.2, -0.15) is 0 Å². The summed E-state index contributed by atoms with van der Waals surface area (Å²) in [6.45, 7) is 0. The second kappa shape index (κ2) is 5.95. The minimum absolute atomic E-state index is 0.0743. The fourth-order valence-corrected chi connectivity index (χ4v) is 3.26. The van der Waals surface area contributed by atoms with Gasteiger partial charge in [-0.3, -0.25) is 9.52 Å². The van der Waals surface area contributed by atoms with Gasteiger partial charge in [-0.15, -0.1) is 0 Å². The predicted molar refractivity (Wildman–Crippen MR) is 81.8 cm³/mol. The molecule has 0 radical (unpaired) electrons. The van der Waals surface area contributed by atoms with Crippen molar-refractivity contribution in [1.29, 1.82) is 0 Å². The third kappa shape index (κ3) is 3.39. The molecule has 0 aliphatic rings. The lowest BCUT2D eigenvalue weighted by Crippen LogP contribution is -2.13. The number of sulfonamides is 1. The summed E-state index contributed by atoms with van der Waals surface area (Å²) < 4.78 is 27.3. The van der Waals surface area contributed by atoms with Crippen LogP contribution in [0.4, 0.5) is 5.69 Å². The Morgan fingerprint density at radius 3 is 2.55 bits per heavy atom. The van der Waals surface area contributed by atoms with Gasteiger partial charge in [0.15, 0.2) is 0 Å². The van der Waals surface area contributed by atoms with Crippen molar-refractivity contribution in [3.8, 4) is 0 Å². The maximum Gasteiger partial charge on any atom is 0.261 e. The molecule has 7 heteroatoms. The Bertz CT molecular complexity index is 762. The number of nitrogens with one attached hydrogen (secondary N) is 1. The molecular formula is C13H9BrClNO3S. The summed E-state index contributed by atoms with van der Waals surface area (Å²) in [4.78, 5) is 10.8. The number of aldehydes is 1. The molecule has 0 atom stereocenters. The normalized spacial score (nSPS) is 11.1. The first kappa shape index (κ1) is 15.0. The van der Waals surface area contributed by atoms with E-state index in [1.165, 1.54) is 24.3 Å². The summed E-state index contributed by atoms with van der Waals surface area (Å²) in [5.41, 5.74) is 0.711. The van der Waals surface area contributed by atoms with E-state index in [1.54, 1.807) is 18.2 Å². The second-order valence-corrected chi connectivity index (χ2v) is 6.87. The monoisotopic (exact) mass is 373 g/mol. The van der Waals surface area contributed by atoms with E-state index in [0.29, 0.717) is 27.0 Å². The fraction of sp³-hybridized carbons (Fsp3) is 0. The number of carbonyl (C=O) groups excluding carboxylic acids is 1. The first-order valence-corrected chi connectivity index (χ1v) is 8.11. The van der Waals surface area contributed by atoms with Crippen LogP contribution < -0.4 is 4.72 Å². The third-order valence-corrected chi connectivity index (χ3v) is 5.07. The quantitative estimate of drug-likeness (QED) is 0.830. The molecular weight excluding hydrogens is 366 g/mol. The number of benzene rings is 2. The van der Waals surface area contributed by atoms with Crippen LogP contribution in [0.1, 0.15) is 10.4 Å². The lowest BCUT2D eigenvalue weighted by atomic mass is 10.2. The molecule has 1 N–H and O–H groups in total. The Labute approximate surface area is 129 Å². The molecule has 4 nitrogen and oxygen atoms in total. The zero-order valence-corrected chi connectivity index (χ0v) is 13.2. The molecule has 0 spiro atoms. The van der Waals surface area contributed by atoms with Gasteiger partial charge in [0.2, 0.25) is 0 Å². The number of carbonyl (C=O) groups is 1. The molecule has 0 unspecified atom stereocenters. The van der Waals surface area contributed by atoms with Gasteiger partial charge in [-0.1, -0.05) is 23.7 Å². The van der Waals surface area contributed by atoms with Crippen LogP contribution in [0.2, 0.25) is 5.02 Å². The molecule has 20 heavy (non-hydrogen) atoms. The number of halogens is 2. The van der Waals surface area contributed by atoms with E-state index < -0.39 is 10.0 Å². The van der Waals surface area contributed by atoms with Crippen molar-refractivity contribution in [2.24, 2.45) is 0 Å². The SMILES string of the molecule is O=Cc1cccc(NS(=O)(=O)c2ccc(Cl)c(Br)c2)c1. The molecule has 0 aliphatic heterocycles. The number of hydrogen-bond acceptors (Lipinski definition) is 3. The van der Waals surface area contributed by atoms with Crippen LogP contribution in [0.5, 0.6) is 0 Å². The first-order valence-electron chi connectivity index (χ1n) is 5.45. The average Bonchev–Trinajstić information content (AvgIpc) is 2.41. The van der Waals surface area contributed by atoms with Gasteiger partial charge < -0.3 is 0 Å². The first-order chi connectivity index (χ1) is 9.42. The van der Waals surface area contributed by atoms with E-state index >= 15 is 0 Å². The predicted octanol–water partition coefficient (Wildman–Crippen LogP) is 3.72. The zero-order chi connectivity index (χ0) is 14.8. The maximum atomic E-state index is 12.2. The summed E-state index contributed by atoms with van der Waals surface area (Å²) in [6.07, 6.45) is 0.649. The van der Waals surface area contributed by atoms with Crippen molar-refractivity contribution >= 4 is 49.5 Å². The Morgan fingerprint density at radius 2 is 1.90 bits per heavy atom. The Hall–Kier alpha value is -1.37. The highest BCUT2D eigenvalue weighted by atomic mass is 79.9. The van der Waals surface area contributed by atoms with Crippen LogP contribution >= 0.6 is 27.5 Å². The molecule has 0 amide bonds. The average molecular weight is 375 g/mol. The van der Waals surface area contributed by atoms with Crippen LogP contribution in [0.25, 0.3) is 0 Å². The number of hydrogen-bond donors (Lipinski definition) is 1. The highest BCUT2D eigenvalue weighted by Gasteiger charge is 2.15. The summed E-state index contributed by atoms with van der Waals surface area (Å²) in [7, 11) is -3.73. The molecule has 2 rings (SSSR count). The lowest BCUT2D eigenvalue weighted by molar-refractivity contribution is 0.112.